The smallest absolute Gasteiger partial charge is 0.390 e. The summed E-state index contributed by atoms with van der Waals surface area (Å²) in [4.78, 5) is 0. The Hall–Kier alpha value is -0.250. The number of hydrogen-bond acceptors (Lipinski definition) is 1. The van der Waals surface area contributed by atoms with Crippen LogP contribution in [0.4, 0.5) is 13.2 Å². The van der Waals surface area contributed by atoms with Crippen molar-refractivity contribution in [2.24, 2.45) is 5.92 Å². The minimum atomic E-state index is -4.15. The van der Waals surface area contributed by atoms with Gasteiger partial charge in [0.2, 0.25) is 0 Å². The van der Waals surface area contributed by atoms with Gasteiger partial charge in [-0.2, -0.15) is 13.2 Å². The normalized spacial score (nSPS) is 27.0. The van der Waals surface area contributed by atoms with Gasteiger partial charge in [0.05, 0.1) is 11.5 Å². The maximum absolute atomic E-state index is 12.8. The number of halogens is 3. The third-order valence-electron chi connectivity index (χ3n) is 4.78. The van der Waals surface area contributed by atoms with E-state index in [4.69, 9.17) is 0 Å². The van der Waals surface area contributed by atoms with Crippen LogP contribution in [0.2, 0.25) is 0 Å². The first-order chi connectivity index (χ1) is 9.87. The fraction of sp³-hybridized carbons (Fsp3) is 1.00. The van der Waals surface area contributed by atoms with Crippen LogP contribution in [0.25, 0.3) is 0 Å². The van der Waals surface area contributed by atoms with Crippen molar-refractivity contribution in [3.8, 4) is 0 Å². The monoisotopic (exact) mass is 308 g/mol. The van der Waals surface area contributed by atoms with E-state index in [1.165, 1.54) is 32.1 Å². The molecule has 0 aromatic carbocycles. The van der Waals surface area contributed by atoms with E-state index in [0.29, 0.717) is 19.3 Å². The average molecular weight is 308 g/mol. The van der Waals surface area contributed by atoms with Gasteiger partial charge in [-0.05, 0) is 32.1 Å². The number of hydrogen-bond donors (Lipinski definition) is 1. The topological polar surface area (TPSA) is 20.2 Å². The van der Waals surface area contributed by atoms with Gasteiger partial charge >= 0.3 is 6.18 Å². The first kappa shape index (κ1) is 18.8. The first-order valence-electron chi connectivity index (χ1n) is 8.66. The number of rotatable bonds is 9. The van der Waals surface area contributed by atoms with E-state index in [1.54, 1.807) is 0 Å². The molecule has 0 aromatic rings. The highest BCUT2D eigenvalue weighted by atomic mass is 19.4. The molecule has 0 saturated heterocycles. The molecule has 1 fully saturated rings. The van der Waals surface area contributed by atoms with Crippen molar-refractivity contribution in [2.75, 3.05) is 0 Å². The summed E-state index contributed by atoms with van der Waals surface area (Å²) in [7, 11) is 0. The molecule has 1 rings (SSSR count). The Morgan fingerprint density at radius 1 is 1.00 bits per heavy atom. The Morgan fingerprint density at radius 3 is 2.14 bits per heavy atom. The van der Waals surface area contributed by atoms with Gasteiger partial charge in [-0.15, -0.1) is 0 Å². The second-order valence-electron chi connectivity index (χ2n) is 6.78. The SMILES string of the molecule is CCCCCCCCCCC1(O)CCCC(C(F)(F)F)C1. The van der Waals surface area contributed by atoms with Crippen LogP contribution in [0.5, 0.6) is 0 Å². The van der Waals surface area contributed by atoms with Crippen LogP contribution in [-0.4, -0.2) is 16.9 Å². The highest BCUT2D eigenvalue weighted by Gasteiger charge is 2.46. The molecule has 0 aromatic heterocycles. The van der Waals surface area contributed by atoms with E-state index in [0.717, 1.165) is 19.3 Å². The molecule has 4 heteroatoms. The van der Waals surface area contributed by atoms with Crippen LogP contribution in [0.1, 0.15) is 90.4 Å². The second kappa shape index (κ2) is 9.02. The van der Waals surface area contributed by atoms with E-state index < -0.39 is 17.7 Å². The highest BCUT2D eigenvalue weighted by Crippen LogP contribution is 2.43. The van der Waals surface area contributed by atoms with E-state index in [-0.39, 0.29) is 12.8 Å². The van der Waals surface area contributed by atoms with Gasteiger partial charge in [-0.3, -0.25) is 0 Å². The summed E-state index contributed by atoms with van der Waals surface area (Å²) in [5, 5.41) is 10.4. The molecule has 1 aliphatic carbocycles. The molecular formula is C17H31F3O. The minimum Gasteiger partial charge on any atom is -0.390 e. The van der Waals surface area contributed by atoms with Crippen LogP contribution in [0.3, 0.4) is 0 Å². The number of unbranched alkanes of at least 4 members (excludes halogenated alkanes) is 7. The minimum absolute atomic E-state index is 0.0903. The molecule has 1 N–H and O–H groups in total. The maximum Gasteiger partial charge on any atom is 0.391 e. The summed E-state index contributed by atoms with van der Waals surface area (Å²) < 4.78 is 38.3. The van der Waals surface area contributed by atoms with Crippen LogP contribution in [-0.2, 0) is 0 Å². The van der Waals surface area contributed by atoms with Crippen molar-refractivity contribution >= 4 is 0 Å². The van der Waals surface area contributed by atoms with Crippen molar-refractivity contribution in [3.05, 3.63) is 0 Å². The number of aliphatic hydroxyl groups is 1. The van der Waals surface area contributed by atoms with Gasteiger partial charge in [0.25, 0.3) is 0 Å². The first-order valence-corrected chi connectivity index (χ1v) is 8.66. The zero-order valence-corrected chi connectivity index (χ0v) is 13.4. The summed E-state index contributed by atoms with van der Waals surface area (Å²) in [6.07, 6.45) is 6.84. The zero-order valence-electron chi connectivity index (χ0n) is 13.4. The van der Waals surface area contributed by atoms with Crippen LogP contribution in [0, 0.1) is 5.92 Å². The molecular weight excluding hydrogens is 277 g/mol. The molecule has 2 atom stereocenters. The Balaban J connectivity index is 2.15. The third kappa shape index (κ3) is 7.53. The Bertz CT molecular complexity index is 278. The lowest BCUT2D eigenvalue weighted by molar-refractivity contribution is -0.201. The molecule has 0 heterocycles. The quantitative estimate of drug-likeness (QED) is 0.518. The lowest BCUT2D eigenvalue weighted by Gasteiger charge is -2.37. The lowest BCUT2D eigenvalue weighted by atomic mass is 9.75. The Kier molecular flexibility index (Phi) is 8.07. The molecule has 126 valence electrons. The molecule has 0 spiro atoms. The van der Waals surface area contributed by atoms with Gasteiger partial charge in [0.1, 0.15) is 0 Å². The van der Waals surface area contributed by atoms with Crippen LogP contribution < -0.4 is 0 Å². The van der Waals surface area contributed by atoms with Gasteiger partial charge < -0.3 is 5.11 Å². The highest BCUT2D eigenvalue weighted by molar-refractivity contribution is 4.88. The van der Waals surface area contributed by atoms with E-state index in [1.807, 2.05) is 0 Å². The second-order valence-corrected chi connectivity index (χ2v) is 6.78. The van der Waals surface area contributed by atoms with Crippen LogP contribution >= 0.6 is 0 Å². The van der Waals surface area contributed by atoms with E-state index in [9.17, 15) is 18.3 Å². The predicted molar refractivity (Wildman–Crippen MR) is 80.2 cm³/mol. The third-order valence-corrected chi connectivity index (χ3v) is 4.78. The molecule has 1 aliphatic rings. The molecule has 1 saturated carbocycles. The van der Waals surface area contributed by atoms with Crippen molar-refractivity contribution in [1.82, 2.24) is 0 Å². The molecule has 2 unspecified atom stereocenters. The van der Waals surface area contributed by atoms with Crippen LogP contribution in [0.15, 0.2) is 0 Å². The molecule has 21 heavy (non-hydrogen) atoms. The van der Waals surface area contributed by atoms with Gasteiger partial charge in [-0.25, -0.2) is 0 Å². The van der Waals surface area contributed by atoms with Gasteiger partial charge in [0.15, 0.2) is 0 Å². The zero-order chi connectivity index (χ0) is 15.8. The largest absolute Gasteiger partial charge is 0.391 e. The van der Waals surface area contributed by atoms with Crippen molar-refractivity contribution in [3.63, 3.8) is 0 Å². The fourth-order valence-corrected chi connectivity index (χ4v) is 3.43. The molecule has 0 radical (unpaired) electrons. The van der Waals surface area contributed by atoms with E-state index >= 15 is 0 Å². The summed E-state index contributed by atoms with van der Waals surface area (Å²) in [5.41, 5.74) is -1.07. The standard InChI is InChI=1S/C17H31F3O/c1-2-3-4-5-6-7-8-9-12-16(21)13-10-11-15(14-16)17(18,19)20/h15,21H,2-14H2,1H3. The van der Waals surface area contributed by atoms with E-state index in [2.05, 4.69) is 6.92 Å². The summed E-state index contributed by atoms with van der Waals surface area (Å²) in [5.74, 6) is -1.30. The molecule has 0 amide bonds. The summed E-state index contributed by atoms with van der Waals surface area (Å²) >= 11 is 0. The lowest BCUT2D eigenvalue weighted by Crippen LogP contribution is -2.40. The molecule has 0 bridgehead atoms. The maximum atomic E-state index is 12.8. The average Bonchev–Trinajstić information content (AvgIpc) is 2.41. The molecule has 1 nitrogen and oxygen atoms in total. The predicted octanol–water partition coefficient (Wildman–Crippen LogP) is 6.00. The number of alkyl halides is 3. The van der Waals surface area contributed by atoms with Crippen molar-refractivity contribution in [1.29, 1.82) is 0 Å². The van der Waals surface area contributed by atoms with Crippen molar-refractivity contribution < 1.29 is 18.3 Å². The fourth-order valence-electron chi connectivity index (χ4n) is 3.43. The summed E-state index contributed by atoms with van der Waals surface area (Å²) in [6.45, 7) is 2.19. The molecule has 0 aliphatic heterocycles. The Morgan fingerprint density at radius 2 is 1.57 bits per heavy atom. The van der Waals surface area contributed by atoms with Gasteiger partial charge in [-0.1, -0.05) is 58.3 Å². The van der Waals surface area contributed by atoms with Gasteiger partial charge in [0, 0.05) is 0 Å². The summed E-state index contributed by atoms with van der Waals surface area (Å²) in [6, 6.07) is 0. The van der Waals surface area contributed by atoms with Crippen molar-refractivity contribution in [2.45, 2.75) is 102 Å². The Labute approximate surface area is 127 Å².